The summed E-state index contributed by atoms with van der Waals surface area (Å²) in [6.45, 7) is 0. The molecule has 0 aliphatic rings. The van der Waals surface area contributed by atoms with E-state index in [0.29, 0.717) is 0 Å². The molecule has 0 amide bonds. The van der Waals surface area contributed by atoms with E-state index in [-0.39, 0.29) is 12.8 Å². The van der Waals surface area contributed by atoms with Crippen LogP contribution in [0.2, 0.25) is 0 Å². The van der Waals surface area contributed by atoms with Crippen LogP contribution in [0.15, 0.2) is 0 Å². The largest absolute Gasteiger partial charge is 0.481 e. The van der Waals surface area contributed by atoms with Crippen LogP contribution >= 0.6 is 0 Å². The molecule has 0 heterocycles. The van der Waals surface area contributed by atoms with Gasteiger partial charge in [-0.25, -0.2) is 4.79 Å². The molecule has 0 saturated carbocycles. The number of carbonyl (C=O) groups is 2. The van der Waals surface area contributed by atoms with Crippen molar-refractivity contribution in [1.29, 1.82) is 0 Å². The number of aliphatic carboxylic acids is 1. The summed E-state index contributed by atoms with van der Waals surface area (Å²) < 4.78 is 0. The first-order valence-electron chi connectivity index (χ1n) is 3.42. The minimum Gasteiger partial charge on any atom is -0.481 e. The van der Waals surface area contributed by atoms with Gasteiger partial charge in [-0.1, -0.05) is 0 Å². The van der Waals surface area contributed by atoms with Crippen LogP contribution in [0, 0.1) is 0 Å². The average molecular weight is 176 g/mol. The predicted molar refractivity (Wildman–Crippen MR) is 40.0 cm³/mol. The number of carboxylic acid groups (broad SMARTS) is 1. The van der Waals surface area contributed by atoms with Crippen molar-refractivity contribution < 1.29 is 19.5 Å². The summed E-state index contributed by atoms with van der Waals surface area (Å²) in [6.07, 6.45) is -0.0597. The number of rotatable bonds is 5. The van der Waals surface area contributed by atoms with Crippen molar-refractivity contribution in [2.75, 3.05) is 7.05 Å². The van der Waals surface area contributed by atoms with Crippen molar-refractivity contribution in [3.05, 3.63) is 0 Å². The van der Waals surface area contributed by atoms with E-state index in [0.717, 1.165) is 0 Å². The molecule has 0 aromatic rings. The zero-order valence-electron chi connectivity index (χ0n) is 6.74. The Balaban J connectivity index is 3.63. The highest BCUT2D eigenvalue weighted by atomic mass is 16.7. The monoisotopic (exact) mass is 176 g/mol. The van der Waals surface area contributed by atoms with Gasteiger partial charge in [0.1, 0.15) is 6.04 Å². The smallest absolute Gasteiger partial charge is 0.341 e. The maximum Gasteiger partial charge on any atom is 0.341 e. The van der Waals surface area contributed by atoms with E-state index < -0.39 is 18.0 Å². The van der Waals surface area contributed by atoms with Gasteiger partial charge < -0.3 is 15.7 Å². The fraction of sp³-hybridized carbons (Fsp3) is 0.667. The minimum absolute atomic E-state index is 0.0792. The Kier molecular flexibility index (Phi) is 4.98. The second kappa shape index (κ2) is 5.50. The van der Waals surface area contributed by atoms with Gasteiger partial charge in [-0.2, -0.15) is 5.48 Å². The van der Waals surface area contributed by atoms with Gasteiger partial charge >= 0.3 is 11.9 Å². The first-order chi connectivity index (χ1) is 5.57. The van der Waals surface area contributed by atoms with Gasteiger partial charge in [-0.3, -0.25) is 4.79 Å². The van der Waals surface area contributed by atoms with Crippen LogP contribution in [-0.4, -0.2) is 30.1 Å². The summed E-state index contributed by atoms with van der Waals surface area (Å²) in [7, 11) is 1.42. The molecule has 0 spiro atoms. The highest BCUT2D eigenvalue weighted by molar-refractivity contribution is 5.76. The molecule has 0 rings (SSSR count). The Morgan fingerprint density at radius 1 is 1.67 bits per heavy atom. The van der Waals surface area contributed by atoms with Crippen LogP contribution in [-0.2, 0) is 14.4 Å². The zero-order valence-corrected chi connectivity index (χ0v) is 6.74. The SMILES string of the molecule is CNOC(=O)C(N)CCC(=O)O. The lowest BCUT2D eigenvalue weighted by atomic mass is 10.2. The molecule has 0 aliphatic heterocycles. The number of hydroxylamine groups is 1. The normalized spacial score (nSPS) is 12.2. The average Bonchev–Trinajstić information content (AvgIpc) is 2.00. The lowest BCUT2D eigenvalue weighted by Crippen LogP contribution is -2.35. The summed E-state index contributed by atoms with van der Waals surface area (Å²) in [5, 5.41) is 8.25. The Morgan fingerprint density at radius 2 is 2.25 bits per heavy atom. The number of carboxylic acids is 1. The molecule has 70 valence electrons. The standard InChI is InChI=1S/C6H12N2O4/c1-8-12-6(11)4(7)2-3-5(9)10/h4,8H,2-3,7H2,1H3,(H,9,10). The first-order valence-corrected chi connectivity index (χ1v) is 3.42. The Bertz CT molecular complexity index is 171. The fourth-order valence-corrected chi connectivity index (χ4v) is 0.573. The zero-order chi connectivity index (χ0) is 9.56. The molecule has 4 N–H and O–H groups in total. The summed E-state index contributed by atoms with van der Waals surface area (Å²) in [5.41, 5.74) is 7.43. The third-order valence-corrected chi connectivity index (χ3v) is 1.17. The number of hydrogen-bond acceptors (Lipinski definition) is 5. The summed E-state index contributed by atoms with van der Waals surface area (Å²) in [4.78, 5) is 25.1. The number of nitrogens with two attached hydrogens (primary N) is 1. The molecule has 12 heavy (non-hydrogen) atoms. The molecule has 0 radical (unpaired) electrons. The van der Waals surface area contributed by atoms with Crippen LogP contribution in [0.1, 0.15) is 12.8 Å². The molecular formula is C6H12N2O4. The molecule has 1 unspecified atom stereocenters. The van der Waals surface area contributed by atoms with Gasteiger partial charge in [0.15, 0.2) is 0 Å². The van der Waals surface area contributed by atoms with E-state index in [1.807, 2.05) is 0 Å². The summed E-state index contributed by atoms with van der Waals surface area (Å²) >= 11 is 0. The number of carbonyl (C=O) groups excluding carboxylic acids is 1. The molecule has 0 saturated heterocycles. The van der Waals surface area contributed by atoms with Gasteiger partial charge in [0.2, 0.25) is 0 Å². The third kappa shape index (κ3) is 4.64. The first kappa shape index (κ1) is 10.9. The quantitative estimate of drug-likeness (QED) is 0.457. The third-order valence-electron chi connectivity index (χ3n) is 1.17. The Hall–Kier alpha value is -1.14. The van der Waals surface area contributed by atoms with Gasteiger partial charge in [-0.15, -0.1) is 0 Å². The van der Waals surface area contributed by atoms with Gasteiger partial charge in [-0.05, 0) is 6.42 Å². The van der Waals surface area contributed by atoms with E-state index in [4.69, 9.17) is 10.8 Å². The summed E-state index contributed by atoms with van der Waals surface area (Å²) in [6, 6.07) is -0.881. The topological polar surface area (TPSA) is 102 Å². The van der Waals surface area contributed by atoms with Gasteiger partial charge in [0.25, 0.3) is 0 Å². The lowest BCUT2D eigenvalue weighted by molar-refractivity contribution is -0.151. The van der Waals surface area contributed by atoms with Crippen molar-refractivity contribution >= 4 is 11.9 Å². The second-order valence-corrected chi connectivity index (χ2v) is 2.16. The van der Waals surface area contributed by atoms with Gasteiger partial charge in [0.05, 0.1) is 0 Å². The molecule has 6 nitrogen and oxygen atoms in total. The maximum absolute atomic E-state index is 10.8. The van der Waals surface area contributed by atoms with E-state index >= 15 is 0 Å². The highest BCUT2D eigenvalue weighted by Gasteiger charge is 2.15. The Labute approximate surface area is 69.6 Å². The summed E-state index contributed by atoms with van der Waals surface area (Å²) in [5.74, 6) is -1.64. The molecule has 0 aromatic heterocycles. The van der Waals surface area contributed by atoms with Crippen molar-refractivity contribution in [2.24, 2.45) is 5.73 Å². The van der Waals surface area contributed by atoms with Crippen LogP contribution in [0.4, 0.5) is 0 Å². The van der Waals surface area contributed by atoms with E-state index in [1.165, 1.54) is 7.05 Å². The Morgan fingerprint density at radius 3 is 2.67 bits per heavy atom. The minimum atomic E-state index is -0.984. The van der Waals surface area contributed by atoms with Crippen molar-refractivity contribution in [3.63, 3.8) is 0 Å². The lowest BCUT2D eigenvalue weighted by Gasteiger charge is -2.07. The van der Waals surface area contributed by atoms with Crippen LogP contribution in [0.5, 0.6) is 0 Å². The van der Waals surface area contributed by atoms with E-state index in [9.17, 15) is 9.59 Å². The molecule has 0 aromatic carbocycles. The maximum atomic E-state index is 10.8. The van der Waals surface area contributed by atoms with E-state index in [2.05, 4.69) is 10.3 Å². The van der Waals surface area contributed by atoms with Crippen LogP contribution < -0.4 is 11.2 Å². The number of hydrogen-bond donors (Lipinski definition) is 3. The molecule has 6 heteroatoms. The highest BCUT2D eigenvalue weighted by Crippen LogP contribution is 1.95. The van der Waals surface area contributed by atoms with Gasteiger partial charge in [0, 0.05) is 13.5 Å². The van der Waals surface area contributed by atoms with Crippen molar-refractivity contribution in [3.8, 4) is 0 Å². The fourth-order valence-electron chi connectivity index (χ4n) is 0.573. The van der Waals surface area contributed by atoms with Crippen molar-refractivity contribution in [1.82, 2.24) is 5.48 Å². The molecule has 0 aliphatic carbocycles. The van der Waals surface area contributed by atoms with E-state index in [1.54, 1.807) is 0 Å². The second-order valence-electron chi connectivity index (χ2n) is 2.16. The predicted octanol–water partition coefficient (Wildman–Crippen LogP) is -1.14. The van der Waals surface area contributed by atoms with Crippen molar-refractivity contribution in [2.45, 2.75) is 18.9 Å². The molecular weight excluding hydrogens is 164 g/mol. The molecule has 0 fully saturated rings. The molecule has 1 atom stereocenters. The van der Waals surface area contributed by atoms with Crippen LogP contribution in [0.25, 0.3) is 0 Å². The molecule has 0 bridgehead atoms. The number of nitrogens with one attached hydrogen (secondary N) is 1. The van der Waals surface area contributed by atoms with Crippen LogP contribution in [0.3, 0.4) is 0 Å².